The van der Waals surface area contributed by atoms with Crippen molar-refractivity contribution in [1.29, 1.82) is 0 Å². The smallest absolute Gasteiger partial charge is 0.160 e. The first-order chi connectivity index (χ1) is 7.18. The molecule has 0 spiro atoms. The predicted molar refractivity (Wildman–Crippen MR) is 61.9 cm³/mol. The molecule has 2 N–H and O–H groups in total. The first-order valence-corrected chi connectivity index (χ1v) is 4.96. The quantitative estimate of drug-likeness (QED) is 0.833. The molecule has 2 rings (SSSR count). The standard InChI is InChI=1S/C10H7Cl2N3/c11-8-3-1-2-7(9(8)12)10-14-4-6(13)5-15-10/h1-5H,13H2. The average molecular weight is 240 g/mol. The van der Waals surface area contributed by atoms with Gasteiger partial charge in [-0.3, -0.25) is 0 Å². The van der Waals surface area contributed by atoms with E-state index in [2.05, 4.69) is 9.97 Å². The molecule has 0 aliphatic carbocycles. The zero-order valence-corrected chi connectivity index (χ0v) is 9.13. The number of hydrogen-bond acceptors (Lipinski definition) is 3. The average Bonchev–Trinajstić information content (AvgIpc) is 2.24. The van der Waals surface area contributed by atoms with Crippen LogP contribution in [0.2, 0.25) is 10.0 Å². The van der Waals surface area contributed by atoms with E-state index in [1.165, 1.54) is 12.4 Å². The van der Waals surface area contributed by atoms with Crippen LogP contribution in [0.4, 0.5) is 5.69 Å². The van der Waals surface area contributed by atoms with E-state index >= 15 is 0 Å². The van der Waals surface area contributed by atoms with Crippen LogP contribution in [0.1, 0.15) is 0 Å². The first-order valence-electron chi connectivity index (χ1n) is 4.20. The van der Waals surface area contributed by atoms with Crippen LogP contribution in [0.25, 0.3) is 11.4 Å². The molecule has 5 heteroatoms. The summed E-state index contributed by atoms with van der Waals surface area (Å²) in [5.41, 5.74) is 6.70. The second-order valence-corrected chi connectivity index (χ2v) is 3.73. The molecule has 0 unspecified atom stereocenters. The monoisotopic (exact) mass is 239 g/mol. The minimum Gasteiger partial charge on any atom is -0.396 e. The second kappa shape index (κ2) is 4.04. The highest BCUT2D eigenvalue weighted by atomic mass is 35.5. The fourth-order valence-corrected chi connectivity index (χ4v) is 1.54. The molecule has 0 aliphatic rings. The molecule has 1 aromatic heterocycles. The summed E-state index contributed by atoms with van der Waals surface area (Å²) in [6.45, 7) is 0. The maximum Gasteiger partial charge on any atom is 0.160 e. The molecule has 76 valence electrons. The Labute approximate surface area is 96.9 Å². The third-order valence-corrected chi connectivity index (χ3v) is 2.68. The molecule has 0 saturated heterocycles. The van der Waals surface area contributed by atoms with Gasteiger partial charge in [0.1, 0.15) is 0 Å². The Kier molecular flexibility index (Phi) is 2.75. The van der Waals surface area contributed by atoms with E-state index < -0.39 is 0 Å². The highest BCUT2D eigenvalue weighted by Crippen LogP contribution is 2.31. The summed E-state index contributed by atoms with van der Waals surface area (Å²) < 4.78 is 0. The van der Waals surface area contributed by atoms with Gasteiger partial charge in [0.25, 0.3) is 0 Å². The van der Waals surface area contributed by atoms with Gasteiger partial charge in [0.15, 0.2) is 5.82 Å². The minimum atomic E-state index is 0.448. The molecular weight excluding hydrogens is 233 g/mol. The van der Waals surface area contributed by atoms with Gasteiger partial charge >= 0.3 is 0 Å². The molecule has 0 atom stereocenters. The lowest BCUT2D eigenvalue weighted by Gasteiger charge is -2.03. The number of halogens is 2. The van der Waals surface area contributed by atoms with E-state index in [0.29, 0.717) is 27.1 Å². The van der Waals surface area contributed by atoms with Crippen molar-refractivity contribution in [3.05, 3.63) is 40.6 Å². The number of nitrogens with two attached hydrogens (primary N) is 1. The van der Waals surface area contributed by atoms with E-state index in [1.54, 1.807) is 18.2 Å². The predicted octanol–water partition coefficient (Wildman–Crippen LogP) is 3.03. The van der Waals surface area contributed by atoms with Crippen LogP contribution >= 0.6 is 23.2 Å². The Morgan fingerprint density at radius 1 is 1.07 bits per heavy atom. The van der Waals surface area contributed by atoms with Crippen LogP contribution in [-0.4, -0.2) is 9.97 Å². The number of nitrogen functional groups attached to an aromatic ring is 1. The molecular formula is C10H7Cl2N3. The van der Waals surface area contributed by atoms with Crippen molar-refractivity contribution in [3.63, 3.8) is 0 Å². The summed E-state index contributed by atoms with van der Waals surface area (Å²) in [5.74, 6) is 0.511. The van der Waals surface area contributed by atoms with Crippen molar-refractivity contribution in [2.45, 2.75) is 0 Å². The molecule has 15 heavy (non-hydrogen) atoms. The third kappa shape index (κ3) is 2.03. The van der Waals surface area contributed by atoms with Crippen molar-refractivity contribution in [2.75, 3.05) is 5.73 Å². The zero-order chi connectivity index (χ0) is 10.8. The highest BCUT2D eigenvalue weighted by Gasteiger charge is 2.08. The molecule has 2 aromatic rings. The van der Waals surface area contributed by atoms with E-state index in [0.717, 1.165) is 0 Å². The maximum absolute atomic E-state index is 6.02. The van der Waals surface area contributed by atoms with Crippen molar-refractivity contribution < 1.29 is 0 Å². The highest BCUT2D eigenvalue weighted by molar-refractivity contribution is 6.43. The van der Waals surface area contributed by atoms with Gasteiger partial charge in [-0.15, -0.1) is 0 Å². The molecule has 0 radical (unpaired) electrons. The van der Waals surface area contributed by atoms with E-state index in [1.807, 2.05) is 0 Å². The summed E-state index contributed by atoms with van der Waals surface area (Å²) in [6.07, 6.45) is 3.05. The van der Waals surface area contributed by atoms with Crippen LogP contribution < -0.4 is 5.73 Å². The van der Waals surface area contributed by atoms with Gasteiger partial charge in [-0.2, -0.15) is 0 Å². The largest absolute Gasteiger partial charge is 0.396 e. The number of hydrogen-bond donors (Lipinski definition) is 1. The number of benzene rings is 1. The molecule has 0 amide bonds. The lowest BCUT2D eigenvalue weighted by molar-refractivity contribution is 1.18. The molecule has 0 aliphatic heterocycles. The molecule has 1 heterocycles. The first kappa shape index (κ1) is 10.2. The van der Waals surface area contributed by atoms with Crippen LogP contribution in [0.5, 0.6) is 0 Å². The fourth-order valence-electron chi connectivity index (χ4n) is 1.15. The van der Waals surface area contributed by atoms with E-state index in [-0.39, 0.29) is 0 Å². The Bertz CT molecular complexity index is 483. The van der Waals surface area contributed by atoms with E-state index in [9.17, 15) is 0 Å². The normalized spacial score (nSPS) is 10.3. The summed E-state index contributed by atoms with van der Waals surface area (Å²) >= 11 is 11.9. The Morgan fingerprint density at radius 2 is 1.73 bits per heavy atom. The van der Waals surface area contributed by atoms with Gasteiger partial charge in [-0.1, -0.05) is 29.3 Å². The van der Waals surface area contributed by atoms with Crippen molar-refractivity contribution in [3.8, 4) is 11.4 Å². The Hall–Kier alpha value is -1.32. The topological polar surface area (TPSA) is 51.8 Å². The summed E-state index contributed by atoms with van der Waals surface area (Å²) in [5, 5.41) is 0.929. The Morgan fingerprint density at radius 3 is 2.40 bits per heavy atom. The molecule has 3 nitrogen and oxygen atoms in total. The summed E-state index contributed by atoms with van der Waals surface area (Å²) in [4.78, 5) is 8.14. The lowest BCUT2D eigenvalue weighted by atomic mass is 10.2. The third-order valence-electron chi connectivity index (χ3n) is 1.86. The van der Waals surface area contributed by atoms with Gasteiger partial charge in [-0.25, -0.2) is 9.97 Å². The van der Waals surface area contributed by atoms with Crippen molar-refractivity contribution in [1.82, 2.24) is 9.97 Å². The number of anilines is 1. The van der Waals surface area contributed by atoms with Crippen LogP contribution in [0, 0.1) is 0 Å². The van der Waals surface area contributed by atoms with Gasteiger partial charge in [0.05, 0.1) is 28.1 Å². The molecule has 0 bridgehead atoms. The lowest BCUT2D eigenvalue weighted by Crippen LogP contribution is -1.92. The fraction of sp³-hybridized carbons (Fsp3) is 0. The number of aromatic nitrogens is 2. The zero-order valence-electron chi connectivity index (χ0n) is 7.61. The minimum absolute atomic E-state index is 0.448. The maximum atomic E-state index is 6.02. The van der Waals surface area contributed by atoms with E-state index in [4.69, 9.17) is 28.9 Å². The molecule has 1 aromatic carbocycles. The van der Waals surface area contributed by atoms with Gasteiger partial charge < -0.3 is 5.73 Å². The van der Waals surface area contributed by atoms with Gasteiger partial charge in [-0.05, 0) is 12.1 Å². The van der Waals surface area contributed by atoms with Gasteiger partial charge in [0.2, 0.25) is 0 Å². The number of rotatable bonds is 1. The summed E-state index contributed by atoms with van der Waals surface area (Å²) in [6, 6.07) is 5.31. The second-order valence-electron chi connectivity index (χ2n) is 2.94. The van der Waals surface area contributed by atoms with Crippen molar-refractivity contribution >= 4 is 28.9 Å². The summed E-state index contributed by atoms with van der Waals surface area (Å²) in [7, 11) is 0. The van der Waals surface area contributed by atoms with Gasteiger partial charge in [0, 0.05) is 5.56 Å². The van der Waals surface area contributed by atoms with Crippen LogP contribution in [0.15, 0.2) is 30.6 Å². The van der Waals surface area contributed by atoms with Crippen LogP contribution in [0.3, 0.4) is 0 Å². The molecule has 0 fully saturated rings. The SMILES string of the molecule is Nc1cnc(-c2cccc(Cl)c2Cl)nc1. The Balaban J connectivity index is 2.54. The van der Waals surface area contributed by atoms with Crippen LogP contribution in [-0.2, 0) is 0 Å². The number of nitrogens with zero attached hydrogens (tertiary/aromatic N) is 2. The van der Waals surface area contributed by atoms with Crippen molar-refractivity contribution in [2.24, 2.45) is 0 Å². The molecule has 0 saturated carbocycles.